The van der Waals surface area contributed by atoms with E-state index in [0.717, 1.165) is 10.7 Å². The number of hydrogen-bond acceptors (Lipinski definition) is 3. The monoisotopic (exact) mass is 266 g/mol. The lowest BCUT2D eigenvalue weighted by atomic mass is 10.1. The van der Waals surface area contributed by atoms with Crippen molar-refractivity contribution in [2.24, 2.45) is 0 Å². The summed E-state index contributed by atoms with van der Waals surface area (Å²) < 4.78 is 0. The van der Waals surface area contributed by atoms with Gasteiger partial charge in [0.15, 0.2) is 0 Å². The van der Waals surface area contributed by atoms with Gasteiger partial charge < -0.3 is 4.90 Å². The van der Waals surface area contributed by atoms with Crippen LogP contribution >= 0.6 is 22.9 Å². The van der Waals surface area contributed by atoms with Gasteiger partial charge in [0.1, 0.15) is 5.01 Å². The smallest absolute Gasteiger partial charge is 0.108 e. The molecule has 90 valence electrons. The molecule has 0 atom stereocenters. The topological polar surface area (TPSA) is 16.1 Å². The van der Waals surface area contributed by atoms with Crippen LogP contribution in [0.5, 0.6) is 0 Å². The standard InChI is InChI=1S/C13H15ClN2S/c1-9-13(17-12(8-14)15-9)10-4-6-11(7-5-10)16(2)3/h4-7H,8H2,1-3H3. The van der Waals surface area contributed by atoms with Gasteiger partial charge in [0.25, 0.3) is 0 Å². The fourth-order valence-electron chi connectivity index (χ4n) is 1.69. The van der Waals surface area contributed by atoms with E-state index < -0.39 is 0 Å². The van der Waals surface area contributed by atoms with Gasteiger partial charge >= 0.3 is 0 Å². The summed E-state index contributed by atoms with van der Waals surface area (Å²) in [5.41, 5.74) is 3.47. The van der Waals surface area contributed by atoms with Gasteiger partial charge in [0.2, 0.25) is 0 Å². The number of alkyl halides is 1. The zero-order valence-electron chi connectivity index (χ0n) is 10.2. The van der Waals surface area contributed by atoms with Crippen LogP contribution in [-0.4, -0.2) is 19.1 Å². The molecular formula is C13H15ClN2S. The van der Waals surface area contributed by atoms with Crippen molar-refractivity contribution in [1.29, 1.82) is 0 Å². The van der Waals surface area contributed by atoms with Gasteiger partial charge in [0.05, 0.1) is 16.5 Å². The minimum absolute atomic E-state index is 0.487. The van der Waals surface area contributed by atoms with Gasteiger partial charge in [-0.25, -0.2) is 4.98 Å². The van der Waals surface area contributed by atoms with E-state index in [2.05, 4.69) is 34.1 Å². The van der Waals surface area contributed by atoms with Gasteiger partial charge in [-0.3, -0.25) is 0 Å². The first kappa shape index (κ1) is 12.4. The van der Waals surface area contributed by atoms with Crippen LogP contribution in [0.15, 0.2) is 24.3 Å². The van der Waals surface area contributed by atoms with Crippen LogP contribution in [-0.2, 0) is 5.88 Å². The van der Waals surface area contributed by atoms with E-state index in [-0.39, 0.29) is 0 Å². The van der Waals surface area contributed by atoms with Crippen molar-refractivity contribution in [2.75, 3.05) is 19.0 Å². The van der Waals surface area contributed by atoms with E-state index in [4.69, 9.17) is 11.6 Å². The predicted octanol–water partition coefficient (Wildman–Crippen LogP) is 3.92. The lowest BCUT2D eigenvalue weighted by Gasteiger charge is -2.12. The van der Waals surface area contributed by atoms with E-state index in [0.29, 0.717) is 5.88 Å². The molecule has 0 unspecified atom stereocenters. The Balaban J connectivity index is 2.36. The molecule has 0 saturated heterocycles. The van der Waals surface area contributed by atoms with Crippen molar-refractivity contribution in [3.63, 3.8) is 0 Å². The average molecular weight is 267 g/mol. The predicted molar refractivity (Wildman–Crippen MR) is 76.2 cm³/mol. The number of halogens is 1. The molecule has 0 aliphatic heterocycles. The molecule has 0 aliphatic rings. The number of rotatable bonds is 3. The minimum atomic E-state index is 0.487. The lowest BCUT2D eigenvalue weighted by molar-refractivity contribution is 1.13. The summed E-state index contributed by atoms with van der Waals surface area (Å²) in [5, 5.41) is 0.982. The SMILES string of the molecule is Cc1nc(CCl)sc1-c1ccc(N(C)C)cc1. The molecule has 0 amide bonds. The van der Waals surface area contributed by atoms with Gasteiger partial charge in [-0.2, -0.15) is 0 Å². The van der Waals surface area contributed by atoms with Gasteiger partial charge in [0, 0.05) is 19.8 Å². The molecule has 1 aromatic heterocycles. The van der Waals surface area contributed by atoms with Crippen molar-refractivity contribution in [3.8, 4) is 10.4 Å². The Morgan fingerprint density at radius 3 is 2.35 bits per heavy atom. The first-order valence-corrected chi connectivity index (χ1v) is 6.77. The highest BCUT2D eigenvalue weighted by Crippen LogP contribution is 2.31. The van der Waals surface area contributed by atoms with Crippen LogP contribution in [0.2, 0.25) is 0 Å². The maximum atomic E-state index is 5.81. The molecule has 2 nitrogen and oxygen atoms in total. The van der Waals surface area contributed by atoms with Crippen LogP contribution in [0.3, 0.4) is 0 Å². The lowest BCUT2D eigenvalue weighted by Crippen LogP contribution is -2.07. The highest BCUT2D eigenvalue weighted by atomic mass is 35.5. The van der Waals surface area contributed by atoms with Gasteiger partial charge in [-0.05, 0) is 24.6 Å². The fraction of sp³-hybridized carbons (Fsp3) is 0.308. The average Bonchev–Trinajstić information content (AvgIpc) is 2.71. The Kier molecular flexibility index (Phi) is 3.69. The summed E-state index contributed by atoms with van der Waals surface area (Å²) in [6.07, 6.45) is 0. The number of nitrogens with zero attached hydrogens (tertiary/aromatic N) is 2. The van der Waals surface area contributed by atoms with Crippen molar-refractivity contribution >= 4 is 28.6 Å². The highest BCUT2D eigenvalue weighted by Gasteiger charge is 2.09. The third-order valence-corrected chi connectivity index (χ3v) is 4.22. The molecule has 0 fully saturated rings. The zero-order valence-corrected chi connectivity index (χ0v) is 11.8. The molecule has 0 radical (unpaired) electrons. The molecule has 1 aromatic carbocycles. The summed E-state index contributed by atoms with van der Waals surface area (Å²) in [4.78, 5) is 7.74. The molecular weight excluding hydrogens is 252 g/mol. The molecule has 1 heterocycles. The highest BCUT2D eigenvalue weighted by molar-refractivity contribution is 7.15. The van der Waals surface area contributed by atoms with Crippen molar-refractivity contribution < 1.29 is 0 Å². The number of aromatic nitrogens is 1. The summed E-state index contributed by atoms with van der Waals surface area (Å²) in [5.74, 6) is 0.487. The van der Waals surface area contributed by atoms with Crippen LogP contribution in [0.25, 0.3) is 10.4 Å². The first-order valence-electron chi connectivity index (χ1n) is 5.42. The number of aryl methyl sites for hydroxylation is 1. The van der Waals surface area contributed by atoms with Crippen LogP contribution in [0.4, 0.5) is 5.69 Å². The summed E-state index contributed by atoms with van der Waals surface area (Å²) in [6.45, 7) is 2.03. The Labute approximate surface area is 111 Å². The van der Waals surface area contributed by atoms with Crippen LogP contribution < -0.4 is 4.90 Å². The van der Waals surface area contributed by atoms with Gasteiger partial charge in [-0.15, -0.1) is 22.9 Å². The maximum Gasteiger partial charge on any atom is 0.108 e. The Bertz CT molecular complexity index is 503. The molecule has 0 saturated carbocycles. The molecule has 0 N–H and O–H groups in total. The molecule has 0 spiro atoms. The van der Waals surface area contributed by atoms with Crippen molar-refractivity contribution in [2.45, 2.75) is 12.8 Å². The molecule has 2 rings (SSSR count). The second-order valence-electron chi connectivity index (χ2n) is 4.10. The van der Waals surface area contributed by atoms with E-state index in [1.54, 1.807) is 11.3 Å². The number of hydrogen-bond donors (Lipinski definition) is 0. The Hall–Kier alpha value is -1.06. The number of benzene rings is 1. The first-order chi connectivity index (χ1) is 8.11. The number of anilines is 1. The van der Waals surface area contributed by atoms with Crippen molar-refractivity contribution in [3.05, 3.63) is 35.0 Å². The Morgan fingerprint density at radius 1 is 1.24 bits per heavy atom. The summed E-state index contributed by atoms with van der Waals surface area (Å²) in [6, 6.07) is 8.51. The van der Waals surface area contributed by atoms with Gasteiger partial charge in [-0.1, -0.05) is 12.1 Å². The van der Waals surface area contributed by atoms with E-state index >= 15 is 0 Å². The molecule has 0 bridgehead atoms. The minimum Gasteiger partial charge on any atom is -0.378 e. The maximum absolute atomic E-state index is 5.81. The van der Waals surface area contributed by atoms with Crippen LogP contribution in [0.1, 0.15) is 10.7 Å². The van der Waals surface area contributed by atoms with E-state index in [1.165, 1.54) is 16.1 Å². The molecule has 17 heavy (non-hydrogen) atoms. The second-order valence-corrected chi connectivity index (χ2v) is 5.45. The molecule has 4 heteroatoms. The zero-order chi connectivity index (χ0) is 12.4. The molecule has 2 aromatic rings. The van der Waals surface area contributed by atoms with Crippen molar-refractivity contribution in [1.82, 2.24) is 4.98 Å². The summed E-state index contributed by atoms with van der Waals surface area (Å²) >= 11 is 7.48. The quantitative estimate of drug-likeness (QED) is 0.783. The largest absolute Gasteiger partial charge is 0.378 e. The summed E-state index contributed by atoms with van der Waals surface area (Å²) in [7, 11) is 4.08. The fourth-order valence-corrected chi connectivity index (χ4v) is 2.83. The van der Waals surface area contributed by atoms with E-state index in [9.17, 15) is 0 Å². The number of thiazole rings is 1. The molecule has 0 aliphatic carbocycles. The third kappa shape index (κ3) is 2.61. The Morgan fingerprint density at radius 2 is 1.88 bits per heavy atom. The third-order valence-electron chi connectivity index (χ3n) is 2.60. The normalized spacial score (nSPS) is 10.6. The van der Waals surface area contributed by atoms with Crippen LogP contribution in [0, 0.1) is 6.92 Å². The van der Waals surface area contributed by atoms with E-state index in [1.807, 2.05) is 21.0 Å². The second kappa shape index (κ2) is 5.07.